The molecule has 0 saturated heterocycles. The molecular formula is C19H16BrNO2. The van der Waals surface area contributed by atoms with Gasteiger partial charge in [0, 0.05) is 28.6 Å². The smallest absolute Gasteiger partial charge is 0.224 e. The number of hydrogen-bond donors (Lipinski definition) is 1. The fourth-order valence-electron chi connectivity index (χ4n) is 2.30. The molecule has 3 nitrogen and oxygen atoms in total. The Kier molecular flexibility index (Phi) is 4.93. The molecule has 1 amide bonds. The average molecular weight is 370 g/mol. The van der Waals surface area contributed by atoms with E-state index in [1.807, 2.05) is 66.7 Å². The monoisotopic (exact) mass is 369 g/mol. The highest BCUT2D eigenvalue weighted by molar-refractivity contribution is 9.10. The van der Waals surface area contributed by atoms with E-state index in [0.29, 0.717) is 12.8 Å². The number of benzene rings is 2. The molecule has 2 aromatic carbocycles. The van der Waals surface area contributed by atoms with Gasteiger partial charge < -0.3 is 9.73 Å². The zero-order chi connectivity index (χ0) is 16.1. The Morgan fingerprint density at radius 1 is 1.00 bits per heavy atom. The fraction of sp³-hybridized carbons (Fsp3) is 0.105. The van der Waals surface area contributed by atoms with Gasteiger partial charge in [-0.25, -0.2) is 0 Å². The van der Waals surface area contributed by atoms with E-state index in [4.69, 9.17) is 4.42 Å². The molecule has 23 heavy (non-hydrogen) atoms. The number of rotatable bonds is 5. The van der Waals surface area contributed by atoms with Crippen molar-refractivity contribution in [3.8, 4) is 11.3 Å². The number of hydrogen-bond acceptors (Lipinski definition) is 2. The van der Waals surface area contributed by atoms with Crippen molar-refractivity contribution in [2.24, 2.45) is 0 Å². The van der Waals surface area contributed by atoms with E-state index in [9.17, 15) is 4.79 Å². The zero-order valence-electron chi connectivity index (χ0n) is 12.5. The lowest BCUT2D eigenvalue weighted by atomic mass is 10.2. The fourth-order valence-corrected chi connectivity index (χ4v) is 2.70. The number of aryl methyl sites for hydroxylation is 1. The lowest BCUT2D eigenvalue weighted by Crippen LogP contribution is -2.12. The Morgan fingerprint density at radius 2 is 1.83 bits per heavy atom. The van der Waals surface area contributed by atoms with Crippen LogP contribution in [0.15, 0.2) is 75.6 Å². The number of nitrogens with one attached hydrogen (secondary N) is 1. The molecule has 0 radical (unpaired) electrons. The summed E-state index contributed by atoms with van der Waals surface area (Å²) in [5, 5.41) is 2.88. The minimum absolute atomic E-state index is 0.0271. The molecule has 0 bridgehead atoms. The van der Waals surface area contributed by atoms with Crippen LogP contribution in [0.2, 0.25) is 0 Å². The summed E-state index contributed by atoms with van der Waals surface area (Å²) in [7, 11) is 0. The molecule has 1 heterocycles. The molecule has 0 aliphatic heterocycles. The summed E-state index contributed by atoms with van der Waals surface area (Å²) in [6.45, 7) is 0. The second-order valence-electron chi connectivity index (χ2n) is 5.19. The first-order valence-corrected chi connectivity index (χ1v) is 8.19. The Bertz CT molecular complexity index is 796. The molecule has 0 saturated carbocycles. The van der Waals surface area contributed by atoms with Crippen LogP contribution in [-0.4, -0.2) is 5.91 Å². The summed E-state index contributed by atoms with van der Waals surface area (Å²) >= 11 is 3.39. The molecule has 0 aliphatic rings. The maximum atomic E-state index is 12.0. The Labute approximate surface area is 143 Å². The van der Waals surface area contributed by atoms with Crippen LogP contribution in [-0.2, 0) is 11.2 Å². The van der Waals surface area contributed by atoms with Crippen LogP contribution in [0, 0.1) is 0 Å². The second-order valence-corrected chi connectivity index (χ2v) is 6.11. The van der Waals surface area contributed by atoms with Gasteiger partial charge in [-0.1, -0.05) is 52.3 Å². The van der Waals surface area contributed by atoms with Crippen molar-refractivity contribution in [3.05, 3.63) is 77.0 Å². The van der Waals surface area contributed by atoms with E-state index in [-0.39, 0.29) is 5.91 Å². The molecule has 3 rings (SSSR count). The zero-order valence-corrected chi connectivity index (χ0v) is 14.0. The van der Waals surface area contributed by atoms with Gasteiger partial charge in [-0.05, 0) is 30.3 Å². The second kappa shape index (κ2) is 7.29. The summed E-state index contributed by atoms with van der Waals surface area (Å²) in [6.07, 6.45) is 0.959. The van der Waals surface area contributed by atoms with Gasteiger partial charge in [0.05, 0.1) is 0 Å². The van der Waals surface area contributed by atoms with Crippen molar-refractivity contribution in [2.75, 3.05) is 5.32 Å². The molecule has 1 N–H and O–H groups in total. The van der Waals surface area contributed by atoms with E-state index >= 15 is 0 Å². The molecular weight excluding hydrogens is 354 g/mol. The highest BCUT2D eigenvalue weighted by atomic mass is 79.9. The molecule has 0 aliphatic carbocycles. The van der Waals surface area contributed by atoms with Crippen LogP contribution in [0.25, 0.3) is 11.3 Å². The molecule has 0 fully saturated rings. The largest absolute Gasteiger partial charge is 0.461 e. The summed E-state index contributed by atoms with van der Waals surface area (Å²) in [4.78, 5) is 12.0. The lowest BCUT2D eigenvalue weighted by Gasteiger charge is -2.04. The van der Waals surface area contributed by atoms with Crippen molar-refractivity contribution in [2.45, 2.75) is 12.8 Å². The van der Waals surface area contributed by atoms with E-state index in [2.05, 4.69) is 21.2 Å². The van der Waals surface area contributed by atoms with Gasteiger partial charge in [0.25, 0.3) is 0 Å². The van der Waals surface area contributed by atoms with Crippen LogP contribution in [0.5, 0.6) is 0 Å². The van der Waals surface area contributed by atoms with Gasteiger partial charge in [0.2, 0.25) is 5.91 Å². The van der Waals surface area contributed by atoms with Crippen molar-refractivity contribution >= 4 is 27.5 Å². The van der Waals surface area contributed by atoms with Crippen LogP contribution in [0.1, 0.15) is 12.2 Å². The molecule has 1 aromatic heterocycles. The minimum atomic E-state index is -0.0271. The number of anilines is 1. The third-order valence-corrected chi connectivity index (χ3v) is 3.92. The maximum absolute atomic E-state index is 12.0. The van der Waals surface area contributed by atoms with Crippen LogP contribution < -0.4 is 5.32 Å². The molecule has 0 spiro atoms. The Morgan fingerprint density at radius 3 is 2.61 bits per heavy atom. The van der Waals surface area contributed by atoms with Gasteiger partial charge >= 0.3 is 0 Å². The normalized spacial score (nSPS) is 10.5. The van der Waals surface area contributed by atoms with Crippen molar-refractivity contribution in [1.29, 1.82) is 0 Å². The summed E-state index contributed by atoms with van der Waals surface area (Å²) < 4.78 is 6.74. The molecule has 116 valence electrons. The maximum Gasteiger partial charge on any atom is 0.224 e. The summed E-state index contributed by atoms with van der Waals surface area (Å²) in [5.41, 5.74) is 1.83. The third kappa shape index (κ3) is 4.33. The number of amides is 1. The SMILES string of the molecule is O=C(CCc1ccc(-c2ccccc2)o1)Nc1cccc(Br)c1. The van der Waals surface area contributed by atoms with Crippen molar-refractivity contribution in [3.63, 3.8) is 0 Å². The quantitative estimate of drug-likeness (QED) is 0.664. The van der Waals surface area contributed by atoms with Gasteiger partial charge in [-0.15, -0.1) is 0 Å². The number of halogens is 1. The first-order chi connectivity index (χ1) is 11.2. The number of furan rings is 1. The molecule has 0 unspecified atom stereocenters. The lowest BCUT2D eigenvalue weighted by molar-refractivity contribution is -0.116. The summed E-state index contributed by atoms with van der Waals surface area (Å²) in [5.74, 6) is 1.61. The van der Waals surface area contributed by atoms with Gasteiger partial charge in [-0.2, -0.15) is 0 Å². The first kappa shape index (κ1) is 15.6. The third-order valence-electron chi connectivity index (χ3n) is 3.43. The van der Waals surface area contributed by atoms with Crippen LogP contribution in [0.3, 0.4) is 0 Å². The van der Waals surface area contributed by atoms with Crippen molar-refractivity contribution < 1.29 is 9.21 Å². The topological polar surface area (TPSA) is 42.2 Å². The van der Waals surface area contributed by atoms with E-state index in [1.165, 1.54) is 0 Å². The standard InChI is InChI=1S/C19H16BrNO2/c20-15-7-4-8-16(13-15)21-19(22)12-10-17-9-11-18(23-17)14-5-2-1-3-6-14/h1-9,11,13H,10,12H2,(H,21,22). The summed E-state index contributed by atoms with van der Waals surface area (Å²) in [6, 6.07) is 21.3. The Hall–Kier alpha value is -2.33. The van der Waals surface area contributed by atoms with Crippen molar-refractivity contribution in [1.82, 2.24) is 0 Å². The predicted molar refractivity (Wildman–Crippen MR) is 95.2 cm³/mol. The predicted octanol–water partition coefficient (Wildman–Crippen LogP) is 5.28. The first-order valence-electron chi connectivity index (χ1n) is 7.40. The van der Waals surface area contributed by atoms with E-state index in [1.54, 1.807) is 0 Å². The Balaban J connectivity index is 1.56. The van der Waals surface area contributed by atoms with Gasteiger partial charge in [-0.3, -0.25) is 4.79 Å². The highest BCUT2D eigenvalue weighted by Gasteiger charge is 2.08. The van der Waals surface area contributed by atoms with Gasteiger partial charge in [0.15, 0.2) is 0 Å². The molecule has 0 atom stereocenters. The van der Waals surface area contributed by atoms with Crippen LogP contribution in [0.4, 0.5) is 5.69 Å². The number of carbonyl (C=O) groups excluding carboxylic acids is 1. The number of carbonyl (C=O) groups is 1. The van der Waals surface area contributed by atoms with E-state index in [0.717, 1.165) is 27.2 Å². The van der Waals surface area contributed by atoms with Gasteiger partial charge in [0.1, 0.15) is 11.5 Å². The minimum Gasteiger partial charge on any atom is -0.461 e. The van der Waals surface area contributed by atoms with E-state index < -0.39 is 0 Å². The van der Waals surface area contributed by atoms with Crippen LogP contribution >= 0.6 is 15.9 Å². The molecule has 3 aromatic rings. The average Bonchev–Trinajstić information content (AvgIpc) is 3.03. The highest BCUT2D eigenvalue weighted by Crippen LogP contribution is 2.22. The molecule has 4 heteroatoms.